The van der Waals surface area contributed by atoms with Gasteiger partial charge < -0.3 is 0 Å². The Kier molecular flexibility index (Phi) is 7.20. The van der Waals surface area contributed by atoms with Gasteiger partial charge in [0.1, 0.15) is 0 Å². The summed E-state index contributed by atoms with van der Waals surface area (Å²) in [4.78, 5) is 5.02. The van der Waals surface area contributed by atoms with Crippen LogP contribution in [0.1, 0.15) is 11.1 Å². The first-order chi connectivity index (χ1) is 14.1. The third-order valence-electron chi connectivity index (χ3n) is 4.35. The fourth-order valence-electron chi connectivity index (χ4n) is 2.86. The van der Waals surface area contributed by atoms with E-state index in [4.69, 9.17) is 0 Å². The van der Waals surface area contributed by atoms with Gasteiger partial charge in [0.05, 0.1) is 0 Å². The molecule has 0 amide bonds. The Bertz CT molecular complexity index is 967. The molecule has 0 fully saturated rings. The number of benzene rings is 4. The van der Waals surface area contributed by atoms with Crippen molar-refractivity contribution in [1.82, 2.24) is 0 Å². The van der Waals surface area contributed by atoms with Gasteiger partial charge in [-0.3, -0.25) is 0 Å². The van der Waals surface area contributed by atoms with Crippen LogP contribution in [0, 0.1) is 0 Å². The molecule has 4 aromatic rings. The third kappa shape index (κ3) is 6.26. The molecule has 144 valence electrons. The van der Waals surface area contributed by atoms with Crippen LogP contribution in [-0.2, 0) is 6.42 Å². The molecule has 0 aliphatic heterocycles. The van der Waals surface area contributed by atoms with E-state index in [0.29, 0.717) is 0 Å². The van der Waals surface area contributed by atoms with Crippen molar-refractivity contribution in [2.24, 2.45) is 0 Å². The molecule has 0 unspecified atom stereocenters. The lowest BCUT2D eigenvalue weighted by Crippen LogP contribution is -1.88. The van der Waals surface area contributed by atoms with Crippen molar-refractivity contribution < 1.29 is 0 Å². The highest BCUT2D eigenvalue weighted by molar-refractivity contribution is 9.10. The summed E-state index contributed by atoms with van der Waals surface area (Å²) in [6.07, 6.45) is 0.951. The lowest BCUT2D eigenvalue weighted by Gasteiger charge is -2.07. The first-order valence-corrected chi connectivity index (χ1v) is 12.4. The molecule has 0 bridgehead atoms. The predicted molar refractivity (Wildman–Crippen MR) is 132 cm³/mol. The van der Waals surface area contributed by atoms with Crippen LogP contribution in [0.25, 0.3) is 0 Å². The lowest BCUT2D eigenvalue weighted by molar-refractivity contribution is 1.17. The molecule has 0 heterocycles. The Hall–Kier alpha value is -1.46. The van der Waals surface area contributed by atoms with E-state index in [1.807, 2.05) is 0 Å². The van der Waals surface area contributed by atoms with Crippen LogP contribution in [0.3, 0.4) is 0 Å². The zero-order valence-electron chi connectivity index (χ0n) is 15.5. The minimum absolute atomic E-state index is 0.951. The SMILES string of the molecule is Brc1ccc(Sc2ccc(Cc3ccc(Sc4ccc(Br)cc4)cc3)cc2)cc1. The molecule has 4 rings (SSSR count). The van der Waals surface area contributed by atoms with Crippen molar-refractivity contribution >= 4 is 55.4 Å². The van der Waals surface area contributed by atoms with Gasteiger partial charge in [0.15, 0.2) is 0 Å². The van der Waals surface area contributed by atoms with Crippen LogP contribution in [-0.4, -0.2) is 0 Å². The molecule has 4 aromatic carbocycles. The van der Waals surface area contributed by atoms with Crippen LogP contribution in [0.15, 0.2) is 126 Å². The standard InChI is InChI=1S/C25H18Br2S2/c26-20-5-13-24(14-6-20)28-22-9-1-18(2-10-22)17-19-3-11-23(12-4-19)29-25-15-7-21(27)8-16-25/h1-16H,17H2. The van der Waals surface area contributed by atoms with E-state index in [1.165, 1.54) is 30.7 Å². The van der Waals surface area contributed by atoms with Gasteiger partial charge in [-0.1, -0.05) is 79.6 Å². The summed E-state index contributed by atoms with van der Waals surface area (Å²) in [7, 11) is 0. The number of rotatable bonds is 6. The maximum atomic E-state index is 3.48. The summed E-state index contributed by atoms with van der Waals surface area (Å²) in [6.45, 7) is 0. The Morgan fingerprint density at radius 1 is 0.414 bits per heavy atom. The molecule has 0 saturated heterocycles. The minimum Gasteiger partial charge on any atom is -0.0901 e. The summed E-state index contributed by atoms with van der Waals surface area (Å²) in [5.41, 5.74) is 2.66. The van der Waals surface area contributed by atoms with Crippen molar-refractivity contribution in [2.45, 2.75) is 26.0 Å². The van der Waals surface area contributed by atoms with E-state index in [-0.39, 0.29) is 0 Å². The van der Waals surface area contributed by atoms with Gasteiger partial charge in [-0.2, -0.15) is 0 Å². The van der Waals surface area contributed by atoms with Gasteiger partial charge in [0, 0.05) is 28.5 Å². The molecular weight excluding hydrogens is 524 g/mol. The molecule has 0 N–H and O–H groups in total. The van der Waals surface area contributed by atoms with Crippen LogP contribution in [0.2, 0.25) is 0 Å². The van der Waals surface area contributed by atoms with E-state index >= 15 is 0 Å². The fraction of sp³-hybridized carbons (Fsp3) is 0.0400. The Morgan fingerprint density at radius 3 is 1.00 bits per heavy atom. The van der Waals surface area contributed by atoms with Gasteiger partial charge in [0.25, 0.3) is 0 Å². The van der Waals surface area contributed by atoms with Crippen molar-refractivity contribution in [3.8, 4) is 0 Å². The second kappa shape index (κ2) is 10.0. The van der Waals surface area contributed by atoms with E-state index in [9.17, 15) is 0 Å². The maximum Gasteiger partial charge on any atom is 0.0176 e. The van der Waals surface area contributed by atoms with Crippen LogP contribution >= 0.6 is 55.4 Å². The Labute approximate surface area is 197 Å². The van der Waals surface area contributed by atoms with E-state index in [2.05, 4.69) is 129 Å². The molecule has 0 spiro atoms. The summed E-state index contributed by atoms with van der Waals surface area (Å²) in [5, 5.41) is 0. The average molecular weight is 542 g/mol. The lowest BCUT2D eigenvalue weighted by atomic mass is 10.1. The molecule has 0 nitrogen and oxygen atoms in total. The van der Waals surface area contributed by atoms with Crippen LogP contribution < -0.4 is 0 Å². The molecule has 29 heavy (non-hydrogen) atoms. The largest absolute Gasteiger partial charge is 0.0901 e. The molecule has 0 aliphatic rings. The van der Waals surface area contributed by atoms with Crippen molar-refractivity contribution in [1.29, 1.82) is 0 Å². The van der Waals surface area contributed by atoms with Crippen molar-refractivity contribution in [3.05, 3.63) is 117 Å². The summed E-state index contributed by atoms with van der Waals surface area (Å²) in [5.74, 6) is 0. The quantitative estimate of drug-likeness (QED) is 0.238. The van der Waals surface area contributed by atoms with E-state index in [1.54, 1.807) is 23.5 Å². The fourth-order valence-corrected chi connectivity index (χ4v) is 5.03. The van der Waals surface area contributed by atoms with Crippen molar-refractivity contribution in [2.75, 3.05) is 0 Å². The highest BCUT2D eigenvalue weighted by atomic mass is 79.9. The first-order valence-electron chi connectivity index (χ1n) is 9.19. The maximum absolute atomic E-state index is 3.48. The smallest absolute Gasteiger partial charge is 0.0176 e. The van der Waals surface area contributed by atoms with Crippen LogP contribution in [0.5, 0.6) is 0 Å². The van der Waals surface area contributed by atoms with Crippen molar-refractivity contribution in [3.63, 3.8) is 0 Å². The zero-order chi connectivity index (χ0) is 20.1. The zero-order valence-corrected chi connectivity index (χ0v) is 20.3. The summed E-state index contributed by atoms with van der Waals surface area (Å²) < 4.78 is 2.22. The molecule has 0 aliphatic carbocycles. The normalized spacial score (nSPS) is 10.8. The van der Waals surface area contributed by atoms with Crippen LogP contribution in [0.4, 0.5) is 0 Å². The summed E-state index contributed by atoms with van der Waals surface area (Å²) >= 11 is 10.5. The minimum atomic E-state index is 0.951. The average Bonchev–Trinajstić information content (AvgIpc) is 2.74. The molecular formula is C25H18Br2S2. The van der Waals surface area contributed by atoms with Gasteiger partial charge in [0.2, 0.25) is 0 Å². The van der Waals surface area contributed by atoms with Gasteiger partial charge in [-0.15, -0.1) is 0 Å². The van der Waals surface area contributed by atoms with E-state index in [0.717, 1.165) is 15.4 Å². The van der Waals surface area contributed by atoms with Gasteiger partial charge in [-0.05, 0) is 90.3 Å². The predicted octanol–water partition coefficient (Wildman–Crippen LogP) is 9.10. The van der Waals surface area contributed by atoms with E-state index < -0.39 is 0 Å². The number of hydrogen-bond acceptors (Lipinski definition) is 2. The highest BCUT2D eigenvalue weighted by Gasteiger charge is 2.02. The summed E-state index contributed by atoms with van der Waals surface area (Å²) in [6, 6.07) is 34.6. The Morgan fingerprint density at radius 2 is 0.690 bits per heavy atom. The molecule has 0 radical (unpaired) electrons. The second-order valence-corrected chi connectivity index (χ2v) is 10.7. The Balaban J connectivity index is 1.36. The van der Waals surface area contributed by atoms with Gasteiger partial charge >= 0.3 is 0 Å². The molecule has 0 atom stereocenters. The topological polar surface area (TPSA) is 0 Å². The monoisotopic (exact) mass is 540 g/mol. The first kappa shape index (κ1) is 20.8. The third-order valence-corrected chi connectivity index (χ3v) is 7.44. The molecule has 0 saturated carbocycles. The highest BCUT2D eigenvalue weighted by Crippen LogP contribution is 2.30. The molecule has 4 heteroatoms. The van der Waals surface area contributed by atoms with Gasteiger partial charge in [-0.25, -0.2) is 0 Å². The molecule has 0 aromatic heterocycles. The number of hydrogen-bond donors (Lipinski definition) is 0. The number of halogens is 2. The second-order valence-electron chi connectivity index (χ2n) is 6.58.